The first-order valence-electron chi connectivity index (χ1n) is 7.91. The topological polar surface area (TPSA) is 40.6 Å². The minimum Gasteiger partial charge on any atom is -0.312 e. The van der Waals surface area contributed by atoms with Crippen LogP contribution in [0, 0.1) is 0 Å². The van der Waals surface area contributed by atoms with E-state index < -0.39 is 0 Å². The molecule has 2 aromatic carbocycles. The zero-order chi connectivity index (χ0) is 17.4. The fraction of sp³-hybridized carbons (Fsp3) is 0.158. The Hall–Kier alpha value is -2.24. The van der Waals surface area contributed by atoms with Crippen molar-refractivity contribution in [3.05, 3.63) is 76.7 Å². The van der Waals surface area contributed by atoms with Gasteiger partial charge in [-0.05, 0) is 35.2 Å². The van der Waals surface area contributed by atoms with Gasteiger partial charge in [-0.3, -0.25) is 4.79 Å². The van der Waals surface area contributed by atoms with Gasteiger partial charge in [-0.25, -0.2) is 9.69 Å². The molecule has 2 atom stereocenters. The highest BCUT2D eigenvalue weighted by Crippen LogP contribution is 2.37. The monoisotopic (exact) mass is 370 g/mol. The van der Waals surface area contributed by atoms with Crippen LogP contribution >= 0.6 is 23.4 Å². The third-order valence-electron chi connectivity index (χ3n) is 4.33. The van der Waals surface area contributed by atoms with Gasteiger partial charge in [-0.1, -0.05) is 48.0 Å². The molecule has 4 nitrogen and oxygen atoms in total. The van der Waals surface area contributed by atoms with Gasteiger partial charge in [0.05, 0.1) is 11.7 Å². The molecule has 1 saturated heterocycles. The number of urea groups is 1. The lowest BCUT2D eigenvalue weighted by Crippen LogP contribution is -2.61. The van der Waals surface area contributed by atoms with Gasteiger partial charge in [0.15, 0.2) is 0 Å². The normalized spacial score (nSPS) is 22.4. The molecule has 3 amide bonds. The summed E-state index contributed by atoms with van der Waals surface area (Å²) in [6.45, 7) is 0.405. The molecule has 1 fully saturated rings. The Morgan fingerprint density at radius 2 is 1.84 bits per heavy atom. The Kier molecular flexibility index (Phi) is 4.27. The quantitative estimate of drug-likeness (QED) is 0.808. The number of thioether (sulfide) groups is 1. The van der Waals surface area contributed by atoms with Crippen LogP contribution in [0.2, 0.25) is 5.02 Å². The van der Waals surface area contributed by atoms with Crippen LogP contribution in [0.4, 0.5) is 10.5 Å². The van der Waals surface area contributed by atoms with Crippen molar-refractivity contribution in [1.82, 2.24) is 4.90 Å². The third-order valence-corrected chi connectivity index (χ3v) is 5.65. The molecule has 6 heteroatoms. The van der Waals surface area contributed by atoms with Crippen molar-refractivity contribution in [3.8, 4) is 0 Å². The van der Waals surface area contributed by atoms with Gasteiger partial charge in [-0.2, -0.15) is 0 Å². The van der Waals surface area contributed by atoms with Crippen LogP contribution in [0.25, 0.3) is 0 Å². The number of fused-ring (bicyclic) bond motifs is 1. The second-order valence-corrected chi connectivity index (χ2v) is 7.41. The van der Waals surface area contributed by atoms with Crippen LogP contribution < -0.4 is 4.90 Å². The van der Waals surface area contributed by atoms with Gasteiger partial charge in [0, 0.05) is 11.6 Å². The van der Waals surface area contributed by atoms with Crippen LogP contribution in [0.1, 0.15) is 5.56 Å². The number of carbonyl (C=O) groups excluding carboxylic acids is 2. The molecule has 0 radical (unpaired) electrons. The largest absolute Gasteiger partial charge is 0.332 e. The van der Waals surface area contributed by atoms with E-state index in [-0.39, 0.29) is 23.2 Å². The zero-order valence-electron chi connectivity index (χ0n) is 13.2. The Morgan fingerprint density at radius 3 is 2.60 bits per heavy atom. The minimum absolute atomic E-state index is 0.168. The number of imide groups is 1. The van der Waals surface area contributed by atoms with Gasteiger partial charge >= 0.3 is 6.03 Å². The first-order valence-corrected chi connectivity index (χ1v) is 9.23. The maximum absolute atomic E-state index is 13.1. The first kappa shape index (κ1) is 16.2. The smallest absolute Gasteiger partial charge is 0.312 e. The fourth-order valence-corrected chi connectivity index (χ4v) is 4.42. The average molecular weight is 371 g/mol. The molecular formula is C19H15ClN2O2S. The van der Waals surface area contributed by atoms with E-state index in [1.54, 1.807) is 23.1 Å². The highest BCUT2D eigenvalue weighted by Gasteiger charge is 2.47. The van der Waals surface area contributed by atoms with E-state index in [0.29, 0.717) is 17.3 Å². The van der Waals surface area contributed by atoms with Crippen LogP contribution in [-0.2, 0) is 11.3 Å². The molecule has 2 heterocycles. The van der Waals surface area contributed by atoms with Crippen molar-refractivity contribution in [3.63, 3.8) is 0 Å². The predicted octanol–water partition coefficient (Wildman–Crippen LogP) is 4.31. The number of para-hydroxylation sites is 1. The molecule has 2 aliphatic rings. The van der Waals surface area contributed by atoms with Gasteiger partial charge in [0.2, 0.25) is 0 Å². The Balaban J connectivity index is 1.70. The number of halogens is 1. The van der Waals surface area contributed by atoms with Gasteiger partial charge in [0.25, 0.3) is 5.91 Å². The summed E-state index contributed by atoms with van der Waals surface area (Å²) in [6.07, 6.45) is 1.93. The summed E-state index contributed by atoms with van der Waals surface area (Å²) in [5, 5.41) is 2.22. The van der Waals surface area contributed by atoms with E-state index >= 15 is 0 Å². The number of amides is 3. The Morgan fingerprint density at radius 1 is 1.04 bits per heavy atom. The highest BCUT2D eigenvalue weighted by atomic mass is 35.5. The summed E-state index contributed by atoms with van der Waals surface area (Å²) < 4.78 is 0. The molecule has 0 saturated carbocycles. The number of nitrogens with zero attached hydrogens (tertiary/aromatic N) is 2. The lowest BCUT2D eigenvalue weighted by atomic mass is 10.1. The minimum atomic E-state index is -0.308. The summed E-state index contributed by atoms with van der Waals surface area (Å²) in [7, 11) is 0. The Bertz CT molecular complexity index is 856. The summed E-state index contributed by atoms with van der Waals surface area (Å²) >= 11 is 7.53. The number of hydrogen-bond donors (Lipinski definition) is 0. The van der Waals surface area contributed by atoms with Crippen molar-refractivity contribution in [1.29, 1.82) is 0 Å². The van der Waals surface area contributed by atoms with Gasteiger partial charge in [-0.15, -0.1) is 11.8 Å². The third kappa shape index (κ3) is 2.94. The second-order valence-electron chi connectivity index (χ2n) is 5.93. The molecule has 0 bridgehead atoms. The van der Waals surface area contributed by atoms with E-state index in [2.05, 4.69) is 0 Å². The summed E-state index contributed by atoms with van der Waals surface area (Å²) in [5.74, 6) is -0.168. The lowest BCUT2D eigenvalue weighted by molar-refractivity contribution is -0.119. The molecule has 0 N–H and O–H groups in total. The molecule has 0 spiro atoms. The lowest BCUT2D eigenvalue weighted by Gasteiger charge is -2.41. The van der Waals surface area contributed by atoms with E-state index in [9.17, 15) is 9.59 Å². The number of hydrogen-bond acceptors (Lipinski definition) is 3. The molecular weight excluding hydrogens is 356 g/mol. The van der Waals surface area contributed by atoms with Crippen molar-refractivity contribution < 1.29 is 9.59 Å². The standard InChI is InChI=1S/C19H15ClN2O2S/c20-14-6-4-5-13(11-14)12-21-16-9-10-25-17(16)18(23)22(19(21)24)15-7-2-1-3-8-15/h1-11,16-17H,12H2. The van der Waals surface area contributed by atoms with E-state index in [4.69, 9.17) is 11.6 Å². The first-order chi connectivity index (χ1) is 12.1. The van der Waals surface area contributed by atoms with Gasteiger partial charge in [0.1, 0.15) is 5.25 Å². The molecule has 2 aliphatic heterocycles. The van der Waals surface area contributed by atoms with Gasteiger partial charge < -0.3 is 4.90 Å². The molecule has 0 aromatic heterocycles. The molecule has 2 unspecified atom stereocenters. The average Bonchev–Trinajstić information content (AvgIpc) is 3.10. The Labute approximate surface area is 155 Å². The maximum Gasteiger partial charge on any atom is 0.332 e. The number of anilines is 1. The molecule has 4 rings (SSSR count). The molecule has 25 heavy (non-hydrogen) atoms. The molecule has 0 aliphatic carbocycles. The molecule has 126 valence electrons. The summed E-state index contributed by atoms with van der Waals surface area (Å²) in [4.78, 5) is 29.0. The number of carbonyl (C=O) groups is 2. The number of benzene rings is 2. The summed E-state index contributed by atoms with van der Waals surface area (Å²) in [6, 6.07) is 16.0. The van der Waals surface area contributed by atoms with Crippen molar-refractivity contribution >= 4 is 41.0 Å². The van der Waals surface area contributed by atoms with Crippen LogP contribution in [0.3, 0.4) is 0 Å². The maximum atomic E-state index is 13.1. The van der Waals surface area contributed by atoms with E-state index in [1.165, 1.54) is 16.7 Å². The predicted molar refractivity (Wildman–Crippen MR) is 101 cm³/mol. The molecule has 2 aromatic rings. The number of rotatable bonds is 3. The van der Waals surface area contributed by atoms with Crippen molar-refractivity contribution in [2.75, 3.05) is 4.90 Å². The van der Waals surface area contributed by atoms with E-state index in [0.717, 1.165) is 5.56 Å². The van der Waals surface area contributed by atoms with Crippen LogP contribution in [0.15, 0.2) is 66.1 Å². The van der Waals surface area contributed by atoms with Crippen molar-refractivity contribution in [2.45, 2.75) is 17.8 Å². The summed E-state index contributed by atoms with van der Waals surface area (Å²) in [5.41, 5.74) is 1.53. The van der Waals surface area contributed by atoms with Crippen LogP contribution in [-0.4, -0.2) is 28.1 Å². The van der Waals surface area contributed by atoms with Crippen LogP contribution in [0.5, 0.6) is 0 Å². The highest BCUT2D eigenvalue weighted by molar-refractivity contribution is 8.03. The zero-order valence-corrected chi connectivity index (χ0v) is 14.8. The van der Waals surface area contributed by atoms with E-state index in [1.807, 2.05) is 47.9 Å². The SMILES string of the molecule is O=C1C2SC=CC2N(Cc2cccc(Cl)c2)C(=O)N1c1ccccc1. The second kappa shape index (κ2) is 6.58. The fourth-order valence-electron chi connectivity index (χ4n) is 3.16. The van der Waals surface area contributed by atoms with Crippen molar-refractivity contribution in [2.24, 2.45) is 0 Å².